The highest BCUT2D eigenvalue weighted by Gasteiger charge is 2.75. The predicted molar refractivity (Wildman–Crippen MR) is 115 cm³/mol. The molecule has 1 heterocycles. The van der Waals surface area contributed by atoms with Gasteiger partial charge in [-0.3, -0.25) is 9.59 Å². The fraction of sp³-hybridized carbons (Fsp3) is 0.760. The lowest BCUT2D eigenvalue weighted by molar-refractivity contribution is -0.198. The van der Waals surface area contributed by atoms with Gasteiger partial charge in [0.25, 0.3) is 0 Å². The maximum absolute atomic E-state index is 13.4. The van der Waals surface area contributed by atoms with Gasteiger partial charge in [0.15, 0.2) is 23.5 Å². The number of ether oxygens (including phenoxy) is 2. The average molecular weight is 430 g/mol. The van der Waals surface area contributed by atoms with Crippen LogP contribution in [0.3, 0.4) is 0 Å². The third-order valence-electron chi connectivity index (χ3n) is 9.41. The molecule has 3 saturated carbocycles. The minimum Gasteiger partial charge on any atom is -0.393 e. The second-order valence-corrected chi connectivity index (χ2v) is 10.8. The molecule has 0 amide bonds. The van der Waals surface area contributed by atoms with Crippen LogP contribution in [-0.2, 0) is 19.1 Å². The maximum atomic E-state index is 13.4. The van der Waals surface area contributed by atoms with Crippen molar-refractivity contribution in [3.05, 3.63) is 23.8 Å². The lowest BCUT2D eigenvalue weighted by Gasteiger charge is -2.59. The van der Waals surface area contributed by atoms with Crippen LogP contribution in [0.25, 0.3) is 0 Å². The third kappa shape index (κ3) is 2.65. The van der Waals surface area contributed by atoms with Crippen LogP contribution in [0, 0.1) is 28.6 Å². The van der Waals surface area contributed by atoms with Crippen molar-refractivity contribution in [3.63, 3.8) is 0 Å². The molecule has 1 aliphatic heterocycles. The third-order valence-corrected chi connectivity index (χ3v) is 9.41. The summed E-state index contributed by atoms with van der Waals surface area (Å²) in [5.41, 5.74) is 5.10. The van der Waals surface area contributed by atoms with Crippen LogP contribution in [0.15, 0.2) is 23.8 Å². The number of allylic oxidation sites excluding steroid dienone is 4. The summed E-state index contributed by atoms with van der Waals surface area (Å²) in [4.78, 5) is 25.3. The molecule has 31 heavy (non-hydrogen) atoms. The fourth-order valence-electron chi connectivity index (χ4n) is 8.16. The Kier molecular flexibility index (Phi) is 4.91. The summed E-state index contributed by atoms with van der Waals surface area (Å²) >= 11 is 0. The number of aliphatic hydroxyl groups is 1. The van der Waals surface area contributed by atoms with Crippen molar-refractivity contribution in [1.29, 1.82) is 0 Å². The van der Waals surface area contributed by atoms with Gasteiger partial charge >= 0.3 is 0 Å². The monoisotopic (exact) mass is 429 g/mol. The summed E-state index contributed by atoms with van der Waals surface area (Å²) in [7, 11) is 0. The normalized spacial score (nSPS) is 50.4. The van der Waals surface area contributed by atoms with Gasteiger partial charge < -0.3 is 20.3 Å². The first-order valence-electron chi connectivity index (χ1n) is 11.9. The number of rotatable bonds is 4. The molecule has 9 atom stereocenters. The van der Waals surface area contributed by atoms with Crippen molar-refractivity contribution in [3.8, 4) is 0 Å². The van der Waals surface area contributed by atoms with Gasteiger partial charge in [-0.1, -0.05) is 38.8 Å². The Hall–Kier alpha value is -1.34. The van der Waals surface area contributed by atoms with E-state index in [1.807, 2.05) is 6.08 Å². The molecule has 170 valence electrons. The maximum Gasteiger partial charge on any atom is 0.181 e. The first kappa shape index (κ1) is 21.5. The van der Waals surface area contributed by atoms with Crippen LogP contribution in [0.2, 0.25) is 0 Å². The highest BCUT2D eigenvalue weighted by atomic mass is 16.7. The summed E-state index contributed by atoms with van der Waals surface area (Å²) in [5.74, 6) is 0.391. The molecule has 0 radical (unpaired) electrons. The van der Waals surface area contributed by atoms with Gasteiger partial charge in [-0.2, -0.15) is 0 Å². The summed E-state index contributed by atoms with van der Waals surface area (Å²) in [5, 5.41) is 11.6. The Morgan fingerprint density at radius 2 is 2.13 bits per heavy atom. The predicted octanol–water partition coefficient (Wildman–Crippen LogP) is 2.68. The molecule has 5 aliphatic rings. The molecule has 6 nitrogen and oxygen atoms in total. The SMILES string of the molecule is CCCC1O[C@@H]2C[C@H]3[C@@H]4CCC5=CC(=O)C=C[C@]5(C)[C@H]4[C@@H](O)C[C@]3(C)[C@]2(C(=O)CN)O1. The molecule has 4 aliphatic carbocycles. The topological polar surface area (TPSA) is 98.9 Å². The number of hydrogen-bond acceptors (Lipinski definition) is 6. The van der Waals surface area contributed by atoms with Gasteiger partial charge in [-0.05, 0) is 56.1 Å². The van der Waals surface area contributed by atoms with Gasteiger partial charge in [-0.15, -0.1) is 0 Å². The minimum absolute atomic E-state index is 0.0187. The van der Waals surface area contributed by atoms with Gasteiger partial charge in [-0.25, -0.2) is 0 Å². The smallest absolute Gasteiger partial charge is 0.181 e. The number of ketones is 2. The number of aliphatic hydroxyl groups excluding tert-OH is 1. The van der Waals surface area contributed by atoms with Crippen molar-refractivity contribution in [2.75, 3.05) is 6.54 Å². The zero-order valence-electron chi connectivity index (χ0n) is 18.8. The molecule has 0 aromatic heterocycles. The van der Waals surface area contributed by atoms with E-state index >= 15 is 0 Å². The van der Waals surface area contributed by atoms with Gasteiger partial charge in [0.1, 0.15) is 0 Å². The van der Waals surface area contributed by atoms with Crippen molar-refractivity contribution in [2.24, 2.45) is 34.3 Å². The van der Waals surface area contributed by atoms with Crippen LogP contribution in [0.4, 0.5) is 0 Å². The molecule has 0 bridgehead atoms. The van der Waals surface area contributed by atoms with Crippen LogP contribution in [0.1, 0.15) is 59.3 Å². The van der Waals surface area contributed by atoms with Crippen LogP contribution in [-0.4, -0.2) is 47.3 Å². The number of hydrogen-bond donors (Lipinski definition) is 2. The highest BCUT2D eigenvalue weighted by molar-refractivity contribution is 6.01. The zero-order chi connectivity index (χ0) is 22.2. The highest BCUT2D eigenvalue weighted by Crippen LogP contribution is 2.69. The summed E-state index contributed by atoms with van der Waals surface area (Å²) in [6.07, 6.45) is 8.78. The molecular weight excluding hydrogens is 394 g/mol. The molecule has 0 aromatic carbocycles. The molecule has 1 saturated heterocycles. The number of nitrogens with two attached hydrogens (primary N) is 1. The molecule has 5 rings (SSSR count). The van der Waals surface area contributed by atoms with Gasteiger partial charge in [0.2, 0.25) is 0 Å². The van der Waals surface area contributed by atoms with Crippen molar-refractivity contribution >= 4 is 11.6 Å². The van der Waals surface area contributed by atoms with Gasteiger partial charge in [0.05, 0.1) is 18.8 Å². The molecule has 4 fully saturated rings. The Balaban J connectivity index is 1.55. The van der Waals surface area contributed by atoms with E-state index in [0.717, 1.165) is 37.7 Å². The first-order valence-corrected chi connectivity index (χ1v) is 11.9. The van der Waals surface area contributed by atoms with E-state index in [4.69, 9.17) is 15.2 Å². The van der Waals surface area contributed by atoms with E-state index in [-0.39, 0.29) is 53.7 Å². The van der Waals surface area contributed by atoms with Crippen LogP contribution >= 0.6 is 0 Å². The van der Waals surface area contributed by atoms with Crippen LogP contribution in [0.5, 0.6) is 0 Å². The lowest BCUT2D eigenvalue weighted by Crippen LogP contribution is -2.64. The van der Waals surface area contributed by atoms with E-state index in [0.29, 0.717) is 6.42 Å². The first-order chi connectivity index (χ1) is 14.7. The van der Waals surface area contributed by atoms with E-state index < -0.39 is 17.1 Å². The molecule has 6 heteroatoms. The second-order valence-electron chi connectivity index (χ2n) is 10.8. The average Bonchev–Trinajstić information content (AvgIpc) is 3.20. The van der Waals surface area contributed by atoms with E-state index in [1.165, 1.54) is 0 Å². The quantitative estimate of drug-likeness (QED) is 0.713. The summed E-state index contributed by atoms with van der Waals surface area (Å²) in [6.45, 7) is 6.27. The Morgan fingerprint density at radius 1 is 1.35 bits per heavy atom. The Morgan fingerprint density at radius 3 is 2.84 bits per heavy atom. The number of fused-ring (bicyclic) bond motifs is 7. The molecule has 3 N–H and O–H groups in total. The Bertz CT molecular complexity index is 866. The van der Waals surface area contributed by atoms with Crippen molar-refractivity contribution in [1.82, 2.24) is 0 Å². The van der Waals surface area contributed by atoms with E-state index in [1.54, 1.807) is 12.2 Å². The number of carbonyl (C=O) groups excluding carboxylic acids is 2. The lowest BCUT2D eigenvalue weighted by atomic mass is 9.46. The van der Waals surface area contributed by atoms with E-state index in [9.17, 15) is 14.7 Å². The van der Waals surface area contributed by atoms with Crippen LogP contribution < -0.4 is 5.73 Å². The molecule has 0 aromatic rings. The van der Waals surface area contributed by atoms with Gasteiger partial charge in [0, 0.05) is 16.7 Å². The fourth-order valence-corrected chi connectivity index (χ4v) is 8.16. The molecule has 1 unspecified atom stereocenters. The molecule has 0 spiro atoms. The largest absolute Gasteiger partial charge is 0.393 e. The number of carbonyl (C=O) groups is 2. The minimum atomic E-state index is -1.08. The van der Waals surface area contributed by atoms with Crippen molar-refractivity contribution in [2.45, 2.75) is 83.4 Å². The summed E-state index contributed by atoms with van der Waals surface area (Å²) < 4.78 is 12.8. The van der Waals surface area contributed by atoms with Crippen molar-refractivity contribution < 1.29 is 24.2 Å². The standard InChI is InChI=1S/C25H35NO5/c1-4-5-21-30-20-11-17-16-7-6-14-10-15(27)8-9-23(14,2)22(16)18(28)12-24(17,3)25(20,31-21)19(29)13-26/h8-10,16-18,20-22,28H,4-7,11-13,26H2,1-3H3/t16-,17-,18-,20+,21?,22+,23-,24-,25+/m0/s1. The van der Waals surface area contributed by atoms with E-state index in [2.05, 4.69) is 20.8 Å². The Labute approximate surface area is 184 Å². The molecular formula is C25H35NO5. The number of Topliss-reactive ketones (excluding diaryl/α,β-unsaturated/α-hetero) is 1. The zero-order valence-corrected chi connectivity index (χ0v) is 18.8. The second kappa shape index (κ2) is 7.08. The summed E-state index contributed by atoms with van der Waals surface area (Å²) in [6, 6.07) is 0.